The van der Waals surface area contributed by atoms with E-state index in [9.17, 15) is 9.59 Å². The summed E-state index contributed by atoms with van der Waals surface area (Å²) in [4.78, 5) is 30.1. The minimum atomic E-state index is -0.347. The number of aromatic nitrogens is 2. The zero-order valence-corrected chi connectivity index (χ0v) is 16.6. The molecule has 0 saturated carbocycles. The number of fused-ring (bicyclic) bond motifs is 1. The number of carbonyl (C=O) groups is 2. The number of benzene rings is 1. The van der Waals surface area contributed by atoms with E-state index in [0.717, 1.165) is 36.3 Å². The molecule has 2 amide bonds. The van der Waals surface area contributed by atoms with E-state index in [4.69, 9.17) is 4.74 Å². The van der Waals surface area contributed by atoms with Crippen molar-refractivity contribution in [3.63, 3.8) is 0 Å². The molecule has 2 N–H and O–H groups in total. The molecule has 1 unspecified atom stereocenters. The predicted molar refractivity (Wildman–Crippen MR) is 110 cm³/mol. The van der Waals surface area contributed by atoms with E-state index in [-0.39, 0.29) is 29.4 Å². The second-order valence-electron chi connectivity index (χ2n) is 7.29. The van der Waals surface area contributed by atoms with Gasteiger partial charge in [0.15, 0.2) is 5.69 Å². The van der Waals surface area contributed by atoms with Crippen molar-refractivity contribution in [1.82, 2.24) is 14.7 Å². The summed E-state index contributed by atoms with van der Waals surface area (Å²) < 4.78 is 7.19. The molecule has 1 saturated heterocycles. The minimum Gasteiger partial charge on any atom is -0.376 e. The van der Waals surface area contributed by atoms with Gasteiger partial charge in [0, 0.05) is 25.0 Å². The fourth-order valence-corrected chi connectivity index (χ4v) is 3.52. The Labute approximate surface area is 169 Å². The van der Waals surface area contributed by atoms with Gasteiger partial charge < -0.3 is 15.4 Å². The van der Waals surface area contributed by atoms with Gasteiger partial charge in [-0.1, -0.05) is 18.2 Å². The number of ether oxygens (including phenoxy) is 1. The molecule has 3 aromatic rings. The van der Waals surface area contributed by atoms with E-state index in [0.29, 0.717) is 12.1 Å². The second kappa shape index (κ2) is 8.05. The van der Waals surface area contributed by atoms with Crippen molar-refractivity contribution in [2.45, 2.75) is 32.8 Å². The maximum Gasteiger partial charge on any atom is 0.287 e. The number of aryl methyl sites for hydroxylation is 1. The molecule has 1 fully saturated rings. The maximum atomic E-state index is 13.0. The Morgan fingerprint density at radius 3 is 2.83 bits per heavy atom. The molecular formula is C22H24N4O3. The topological polar surface area (TPSA) is 84.7 Å². The van der Waals surface area contributed by atoms with Crippen LogP contribution in [-0.2, 0) is 4.74 Å². The third-order valence-corrected chi connectivity index (χ3v) is 5.33. The number of rotatable bonds is 5. The number of nitrogens with one attached hydrogen (secondary N) is 2. The van der Waals surface area contributed by atoms with E-state index in [1.54, 1.807) is 22.7 Å². The van der Waals surface area contributed by atoms with Crippen LogP contribution in [0, 0.1) is 13.8 Å². The molecule has 7 heteroatoms. The van der Waals surface area contributed by atoms with Gasteiger partial charge in [-0.2, -0.15) is 0 Å². The van der Waals surface area contributed by atoms with Crippen molar-refractivity contribution in [2.75, 3.05) is 18.5 Å². The predicted octanol–water partition coefficient (Wildman–Crippen LogP) is 3.11. The highest BCUT2D eigenvalue weighted by Crippen LogP contribution is 2.20. The molecule has 0 aliphatic carbocycles. The Morgan fingerprint density at radius 1 is 1.17 bits per heavy atom. The highest BCUT2D eigenvalue weighted by Gasteiger charge is 2.23. The largest absolute Gasteiger partial charge is 0.376 e. The monoisotopic (exact) mass is 392 g/mol. The molecule has 1 atom stereocenters. The highest BCUT2D eigenvalue weighted by atomic mass is 16.5. The first-order valence-electron chi connectivity index (χ1n) is 9.79. The second-order valence-corrected chi connectivity index (χ2v) is 7.29. The molecule has 2 aromatic heterocycles. The third kappa shape index (κ3) is 3.86. The Morgan fingerprint density at radius 2 is 2.03 bits per heavy atom. The van der Waals surface area contributed by atoms with Gasteiger partial charge in [-0.15, -0.1) is 0 Å². The van der Waals surface area contributed by atoms with Crippen molar-refractivity contribution in [3.8, 4) is 0 Å². The number of hydrogen-bond acceptors (Lipinski definition) is 4. The lowest BCUT2D eigenvalue weighted by Gasteiger charge is -2.10. The van der Waals surface area contributed by atoms with Crippen molar-refractivity contribution in [2.24, 2.45) is 0 Å². The zero-order valence-electron chi connectivity index (χ0n) is 16.6. The molecule has 0 bridgehead atoms. The van der Waals surface area contributed by atoms with Crippen LogP contribution < -0.4 is 10.6 Å². The van der Waals surface area contributed by atoms with Crippen molar-refractivity contribution < 1.29 is 14.3 Å². The number of nitrogens with zero attached hydrogens (tertiary/aromatic N) is 2. The summed E-state index contributed by atoms with van der Waals surface area (Å²) in [6.07, 6.45) is 3.72. The van der Waals surface area contributed by atoms with Gasteiger partial charge in [-0.25, -0.2) is 4.98 Å². The molecule has 1 aliphatic heterocycles. The lowest BCUT2D eigenvalue weighted by molar-refractivity contribution is 0.0848. The van der Waals surface area contributed by atoms with Gasteiger partial charge in [0.2, 0.25) is 5.82 Å². The first kappa shape index (κ1) is 19.1. The molecule has 1 aromatic carbocycles. The SMILES string of the molecule is Cc1cccc(NC(=O)c2nc(C(=O)NCC3CCCO3)n3ccccc23)c1C. The number of amides is 2. The van der Waals surface area contributed by atoms with Gasteiger partial charge in [-0.3, -0.25) is 14.0 Å². The normalized spacial score (nSPS) is 16.1. The molecule has 1 aliphatic rings. The van der Waals surface area contributed by atoms with E-state index in [1.165, 1.54) is 0 Å². The average Bonchev–Trinajstić information content (AvgIpc) is 3.37. The van der Waals surface area contributed by atoms with Crippen LogP contribution in [0.25, 0.3) is 5.52 Å². The molecule has 4 rings (SSSR count). The van der Waals surface area contributed by atoms with Gasteiger partial charge in [-0.05, 0) is 56.0 Å². The van der Waals surface area contributed by atoms with Gasteiger partial charge in [0.1, 0.15) is 0 Å². The summed E-state index contributed by atoms with van der Waals surface area (Å²) in [5.41, 5.74) is 3.62. The van der Waals surface area contributed by atoms with E-state index in [1.807, 2.05) is 38.1 Å². The Kier molecular flexibility index (Phi) is 5.31. The number of anilines is 1. The van der Waals surface area contributed by atoms with Crippen LogP contribution in [0.1, 0.15) is 45.1 Å². The van der Waals surface area contributed by atoms with Crippen LogP contribution in [-0.4, -0.2) is 40.5 Å². The van der Waals surface area contributed by atoms with Crippen LogP contribution in [0.2, 0.25) is 0 Å². The lowest BCUT2D eigenvalue weighted by Crippen LogP contribution is -2.33. The summed E-state index contributed by atoms with van der Waals surface area (Å²) in [5.74, 6) is -0.488. The van der Waals surface area contributed by atoms with Gasteiger partial charge >= 0.3 is 0 Å². The average molecular weight is 392 g/mol. The quantitative estimate of drug-likeness (QED) is 0.699. The van der Waals surface area contributed by atoms with E-state index in [2.05, 4.69) is 15.6 Å². The molecule has 7 nitrogen and oxygen atoms in total. The van der Waals surface area contributed by atoms with Crippen LogP contribution in [0.5, 0.6) is 0 Å². The third-order valence-electron chi connectivity index (χ3n) is 5.33. The molecule has 150 valence electrons. The van der Waals surface area contributed by atoms with E-state index < -0.39 is 0 Å². The molecule has 29 heavy (non-hydrogen) atoms. The van der Waals surface area contributed by atoms with Crippen LogP contribution >= 0.6 is 0 Å². The number of carbonyl (C=O) groups excluding carboxylic acids is 2. The fraction of sp³-hybridized carbons (Fsp3) is 0.318. The Bertz CT molecular complexity index is 1070. The van der Waals surface area contributed by atoms with Gasteiger partial charge in [0.25, 0.3) is 11.8 Å². The maximum absolute atomic E-state index is 13.0. The smallest absolute Gasteiger partial charge is 0.287 e. The molecule has 3 heterocycles. The zero-order chi connectivity index (χ0) is 20.4. The van der Waals surface area contributed by atoms with Crippen LogP contribution in [0.4, 0.5) is 5.69 Å². The first-order valence-corrected chi connectivity index (χ1v) is 9.79. The molecule has 0 radical (unpaired) electrons. The molecular weight excluding hydrogens is 368 g/mol. The molecule has 0 spiro atoms. The summed E-state index contributed by atoms with van der Waals surface area (Å²) >= 11 is 0. The van der Waals surface area contributed by atoms with Crippen LogP contribution in [0.15, 0.2) is 42.6 Å². The highest BCUT2D eigenvalue weighted by molar-refractivity contribution is 6.09. The standard InChI is InChI=1S/C22H24N4O3/c1-14-7-5-9-17(15(14)2)24-21(27)19-18-10-3-4-11-26(18)20(25-19)22(28)23-13-16-8-6-12-29-16/h3-5,7,9-11,16H,6,8,12-13H2,1-2H3,(H,23,28)(H,24,27). The summed E-state index contributed by atoms with van der Waals surface area (Å²) in [5, 5.41) is 5.79. The summed E-state index contributed by atoms with van der Waals surface area (Å²) in [7, 11) is 0. The van der Waals surface area contributed by atoms with E-state index >= 15 is 0 Å². The number of pyridine rings is 1. The minimum absolute atomic E-state index is 0.0391. The van der Waals surface area contributed by atoms with Crippen molar-refractivity contribution >= 4 is 23.0 Å². The van der Waals surface area contributed by atoms with Gasteiger partial charge in [0.05, 0.1) is 11.6 Å². The fourth-order valence-electron chi connectivity index (χ4n) is 3.52. The van der Waals surface area contributed by atoms with Crippen LogP contribution in [0.3, 0.4) is 0 Å². The van der Waals surface area contributed by atoms with Crippen molar-refractivity contribution in [3.05, 3.63) is 65.2 Å². The summed E-state index contributed by atoms with van der Waals surface area (Å²) in [6, 6.07) is 11.1. The lowest BCUT2D eigenvalue weighted by atomic mass is 10.1. The summed E-state index contributed by atoms with van der Waals surface area (Å²) in [6.45, 7) is 5.12. The number of imidazole rings is 1. The Balaban J connectivity index is 1.60. The first-order chi connectivity index (χ1) is 14.0. The van der Waals surface area contributed by atoms with Crippen molar-refractivity contribution in [1.29, 1.82) is 0 Å². The number of hydrogen-bond donors (Lipinski definition) is 2. The Hall–Kier alpha value is -3.19.